The van der Waals surface area contributed by atoms with Gasteiger partial charge < -0.3 is 4.74 Å². The predicted octanol–water partition coefficient (Wildman–Crippen LogP) is 5.69. The summed E-state index contributed by atoms with van der Waals surface area (Å²) in [6, 6.07) is 11.0. The van der Waals surface area contributed by atoms with Crippen LogP contribution in [-0.4, -0.2) is 0 Å². The zero-order chi connectivity index (χ0) is 15.5. The second-order valence-electron chi connectivity index (χ2n) is 5.80. The Bertz CT molecular complexity index is 710. The highest BCUT2D eigenvalue weighted by molar-refractivity contribution is 5.83. The van der Waals surface area contributed by atoms with E-state index in [9.17, 15) is 0 Å². The van der Waals surface area contributed by atoms with Crippen molar-refractivity contribution < 1.29 is 4.74 Å². The average Bonchev–Trinajstić information content (AvgIpc) is 2.94. The van der Waals surface area contributed by atoms with Crippen LogP contribution in [0.3, 0.4) is 0 Å². The summed E-state index contributed by atoms with van der Waals surface area (Å²) in [4.78, 5) is 0. The Morgan fingerprint density at radius 3 is 2.64 bits per heavy atom. The highest BCUT2D eigenvalue weighted by atomic mass is 16.5. The molecule has 0 bridgehead atoms. The molecule has 2 aromatic rings. The lowest BCUT2D eigenvalue weighted by atomic mass is 9.91. The van der Waals surface area contributed by atoms with Crippen molar-refractivity contribution in [1.29, 1.82) is 0 Å². The monoisotopic (exact) mass is 292 g/mol. The van der Waals surface area contributed by atoms with Crippen LogP contribution < -0.4 is 4.74 Å². The van der Waals surface area contributed by atoms with Crippen LogP contribution in [0.1, 0.15) is 49.4 Å². The first-order valence-corrected chi connectivity index (χ1v) is 8.37. The van der Waals surface area contributed by atoms with Crippen LogP contribution in [-0.2, 0) is 19.3 Å². The highest BCUT2D eigenvalue weighted by Crippen LogP contribution is 2.45. The molecule has 1 nitrogen and oxygen atoms in total. The Kier molecular flexibility index (Phi) is 4.33. The summed E-state index contributed by atoms with van der Waals surface area (Å²) < 4.78 is 5.98. The van der Waals surface area contributed by atoms with E-state index in [-0.39, 0.29) is 0 Å². The number of hydrogen-bond donors (Lipinski definition) is 0. The van der Waals surface area contributed by atoms with E-state index in [1.165, 1.54) is 33.4 Å². The van der Waals surface area contributed by atoms with Crippen LogP contribution in [0.15, 0.2) is 42.7 Å². The molecule has 0 aliphatic heterocycles. The van der Waals surface area contributed by atoms with Gasteiger partial charge in [-0.15, -0.1) is 0 Å². The Morgan fingerprint density at radius 1 is 1.09 bits per heavy atom. The lowest BCUT2D eigenvalue weighted by molar-refractivity contribution is 0.474. The summed E-state index contributed by atoms with van der Waals surface area (Å²) in [7, 11) is 0. The molecule has 1 aliphatic rings. The maximum Gasteiger partial charge on any atom is 0.130 e. The van der Waals surface area contributed by atoms with E-state index < -0.39 is 0 Å². The average molecular weight is 292 g/mol. The summed E-state index contributed by atoms with van der Waals surface area (Å²) in [6.07, 6.45) is 8.00. The summed E-state index contributed by atoms with van der Waals surface area (Å²) in [5.41, 5.74) is 8.51. The van der Waals surface area contributed by atoms with Gasteiger partial charge in [-0.1, -0.05) is 45.0 Å². The molecule has 0 fully saturated rings. The lowest BCUT2D eigenvalue weighted by Gasteiger charge is -2.16. The third-order valence-electron chi connectivity index (χ3n) is 4.51. The van der Waals surface area contributed by atoms with E-state index in [0.717, 1.165) is 31.4 Å². The number of benzene rings is 2. The summed E-state index contributed by atoms with van der Waals surface area (Å²) >= 11 is 0. The molecule has 114 valence electrons. The van der Waals surface area contributed by atoms with Crippen molar-refractivity contribution in [3.05, 3.63) is 64.9 Å². The molecular weight excluding hydrogens is 268 g/mol. The molecule has 0 saturated carbocycles. The number of allylic oxidation sites excluding steroid dienone is 1. The molecule has 2 aromatic carbocycles. The van der Waals surface area contributed by atoms with Crippen LogP contribution in [0.2, 0.25) is 0 Å². The number of ether oxygens (including phenoxy) is 1. The molecule has 22 heavy (non-hydrogen) atoms. The number of hydrogen-bond acceptors (Lipinski definition) is 1. The van der Waals surface area contributed by atoms with Gasteiger partial charge in [-0.3, -0.25) is 0 Å². The fourth-order valence-electron chi connectivity index (χ4n) is 3.45. The minimum Gasteiger partial charge on any atom is -0.465 e. The molecule has 0 heterocycles. The molecule has 0 aromatic heterocycles. The first-order valence-electron chi connectivity index (χ1n) is 8.37. The van der Waals surface area contributed by atoms with Crippen LogP contribution in [0.25, 0.3) is 11.1 Å². The van der Waals surface area contributed by atoms with E-state index in [0.29, 0.717) is 0 Å². The first-order chi connectivity index (χ1) is 10.8. The molecule has 3 rings (SSSR count). The van der Waals surface area contributed by atoms with Gasteiger partial charge in [-0.2, -0.15) is 0 Å². The molecule has 1 heteroatoms. The highest BCUT2D eigenvalue weighted by Gasteiger charge is 2.25. The van der Waals surface area contributed by atoms with Crippen molar-refractivity contribution in [3.63, 3.8) is 0 Å². The van der Waals surface area contributed by atoms with Crippen molar-refractivity contribution in [1.82, 2.24) is 0 Å². The molecular formula is C21H24O. The van der Waals surface area contributed by atoms with Gasteiger partial charge in [-0.25, -0.2) is 0 Å². The van der Waals surface area contributed by atoms with Gasteiger partial charge in [0.15, 0.2) is 0 Å². The topological polar surface area (TPSA) is 9.23 Å². The van der Waals surface area contributed by atoms with Crippen LogP contribution in [0.5, 0.6) is 5.75 Å². The van der Waals surface area contributed by atoms with Crippen molar-refractivity contribution >= 4 is 0 Å². The quantitative estimate of drug-likeness (QED) is 0.549. The van der Waals surface area contributed by atoms with Gasteiger partial charge in [0.25, 0.3) is 0 Å². The molecule has 0 atom stereocenters. The fraction of sp³-hybridized carbons (Fsp3) is 0.333. The Balaban J connectivity index is 2.19. The van der Waals surface area contributed by atoms with Gasteiger partial charge in [0.05, 0.1) is 6.26 Å². The SMILES string of the molecule is CCC=COc1cc(CC)c(CC)c2c1Cc1ccccc1-2. The Morgan fingerprint density at radius 2 is 1.91 bits per heavy atom. The van der Waals surface area contributed by atoms with E-state index in [1.807, 2.05) is 6.26 Å². The molecule has 0 N–H and O–H groups in total. The minimum atomic E-state index is 0.984. The molecule has 0 radical (unpaired) electrons. The second-order valence-corrected chi connectivity index (χ2v) is 5.80. The van der Waals surface area contributed by atoms with E-state index in [2.05, 4.69) is 57.2 Å². The summed E-state index contributed by atoms with van der Waals surface area (Å²) in [5.74, 6) is 1.03. The Labute approximate surface area is 133 Å². The van der Waals surface area contributed by atoms with Gasteiger partial charge in [0.1, 0.15) is 5.75 Å². The Hall–Kier alpha value is -2.02. The third-order valence-corrected chi connectivity index (χ3v) is 4.51. The van der Waals surface area contributed by atoms with E-state index in [4.69, 9.17) is 4.74 Å². The maximum absolute atomic E-state index is 5.98. The summed E-state index contributed by atoms with van der Waals surface area (Å²) in [5, 5.41) is 0. The van der Waals surface area contributed by atoms with Crippen LogP contribution in [0, 0.1) is 0 Å². The van der Waals surface area contributed by atoms with Crippen molar-refractivity contribution in [3.8, 4) is 16.9 Å². The molecule has 1 aliphatic carbocycles. The second kappa shape index (κ2) is 6.39. The van der Waals surface area contributed by atoms with Gasteiger partial charge in [0.2, 0.25) is 0 Å². The normalized spacial score (nSPS) is 12.5. The van der Waals surface area contributed by atoms with Gasteiger partial charge in [-0.05, 0) is 59.2 Å². The van der Waals surface area contributed by atoms with E-state index >= 15 is 0 Å². The number of fused-ring (bicyclic) bond motifs is 3. The summed E-state index contributed by atoms with van der Waals surface area (Å²) in [6.45, 7) is 6.61. The fourth-order valence-corrected chi connectivity index (χ4v) is 3.45. The minimum absolute atomic E-state index is 0.984. The zero-order valence-corrected chi connectivity index (χ0v) is 13.8. The number of aryl methyl sites for hydroxylation is 1. The third kappa shape index (κ3) is 2.45. The molecule has 0 saturated heterocycles. The van der Waals surface area contributed by atoms with Crippen molar-refractivity contribution in [2.75, 3.05) is 0 Å². The van der Waals surface area contributed by atoms with E-state index in [1.54, 1.807) is 0 Å². The maximum atomic E-state index is 5.98. The smallest absolute Gasteiger partial charge is 0.130 e. The molecule has 0 unspecified atom stereocenters. The van der Waals surface area contributed by atoms with Crippen LogP contribution in [0.4, 0.5) is 0 Å². The van der Waals surface area contributed by atoms with Crippen LogP contribution >= 0.6 is 0 Å². The standard InChI is InChI=1S/C21H24O/c1-4-7-12-22-20-14-15(5-2)17(6-3)21-18-11-9-8-10-16(18)13-19(20)21/h7-12,14H,4-6,13H2,1-3H3. The zero-order valence-electron chi connectivity index (χ0n) is 13.8. The predicted molar refractivity (Wildman–Crippen MR) is 93.5 cm³/mol. The lowest BCUT2D eigenvalue weighted by Crippen LogP contribution is -1.99. The van der Waals surface area contributed by atoms with Crippen molar-refractivity contribution in [2.24, 2.45) is 0 Å². The van der Waals surface area contributed by atoms with Crippen molar-refractivity contribution in [2.45, 2.75) is 46.5 Å². The molecule has 0 spiro atoms. The largest absolute Gasteiger partial charge is 0.465 e. The van der Waals surface area contributed by atoms with Gasteiger partial charge >= 0.3 is 0 Å². The number of rotatable bonds is 5. The van der Waals surface area contributed by atoms with Gasteiger partial charge in [0, 0.05) is 12.0 Å². The first kappa shape index (κ1) is 14.9. The molecule has 0 amide bonds.